The molecule has 2 heterocycles. The maximum atomic E-state index is 12.7. The van der Waals surface area contributed by atoms with E-state index in [0.29, 0.717) is 16.5 Å². The molecule has 1 atom stereocenters. The van der Waals surface area contributed by atoms with Gasteiger partial charge in [-0.05, 0) is 38.5 Å². The van der Waals surface area contributed by atoms with Crippen LogP contribution in [0.15, 0.2) is 34.7 Å². The van der Waals surface area contributed by atoms with Crippen LogP contribution >= 0.6 is 11.3 Å². The normalized spacial score (nSPS) is 11.9. The summed E-state index contributed by atoms with van der Waals surface area (Å²) in [6, 6.07) is 9.33. The van der Waals surface area contributed by atoms with Crippen molar-refractivity contribution in [3.8, 4) is 11.5 Å². The Morgan fingerprint density at radius 1 is 1.19 bits per heavy atom. The molecule has 0 saturated carbocycles. The number of rotatable bonds is 5. The molecule has 1 N–H and O–H groups in total. The van der Waals surface area contributed by atoms with Crippen LogP contribution in [0.5, 0.6) is 0 Å². The largest absolute Gasteiger partial charge is 0.449 e. The van der Waals surface area contributed by atoms with Gasteiger partial charge in [0, 0.05) is 17.4 Å². The van der Waals surface area contributed by atoms with Crippen molar-refractivity contribution >= 4 is 28.2 Å². The van der Waals surface area contributed by atoms with Crippen LogP contribution in [0.4, 0.5) is 5.00 Å². The van der Waals surface area contributed by atoms with Gasteiger partial charge in [-0.3, -0.25) is 4.79 Å². The highest BCUT2D eigenvalue weighted by Gasteiger charge is 2.25. The minimum absolute atomic E-state index is 0.202. The predicted octanol–water partition coefficient (Wildman–Crippen LogP) is 4.29. The Balaban J connectivity index is 1.79. The molecule has 3 rings (SSSR count). The van der Waals surface area contributed by atoms with E-state index in [1.165, 1.54) is 18.3 Å². The minimum atomic E-state index is -0.729. The average Bonchev–Trinajstić information content (AvgIpc) is 3.21. The number of esters is 1. The van der Waals surface area contributed by atoms with Gasteiger partial charge < -0.3 is 14.5 Å². The number of carbonyl (C=O) groups is 2. The van der Waals surface area contributed by atoms with Gasteiger partial charge in [0.2, 0.25) is 11.8 Å². The van der Waals surface area contributed by atoms with E-state index < -0.39 is 12.1 Å². The Bertz CT molecular complexity index is 978. The Hall–Kier alpha value is -3.00. The second-order valence-electron chi connectivity index (χ2n) is 6.03. The number of amides is 1. The molecular weight excluding hydrogens is 366 g/mol. The van der Waals surface area contributed by atoms with Crippen LogP contribution in [-0.4, -0.2) is 22.1 Å². The summed E-state index contributed by atoms with van der Waals surface area (Å²) < 4.78 is 11.1. The molecule has 1 amide bonds. The van der Waals surface area contributed by atoms with Gasteiger partial charge in [-0.2, -0.15) is 0 Å². The first-order chi connectivity index (χ1) is 12.9. The topological polar surface area (TPSA) is 94.3 Å². The number of nitrogens with one attached hydrogen (secondary N) is 1. The quantitative estimate of drug-likeness (QED) is 0.658. The average molecular weight is 385 g/mol. The molecule has 0 bridgehead atoms. The molecule has 140 valence electrons. The summed E-state index contributed by atoms with van der Waals surface area (Å²) >= 11 is 1.34. The van der Waals surface area contributed by atoms with Gasteiger partial charge in [0.15, 0.2) is 6.10 Å². The van der Waals surface area contributed by atoms with E-state index in [1.54, 1.807) is 6.92 Å². The number of ether oxygens (including phenoxy) is 1. The lowest BCUT2D eigenvalue weighted by Gasteiger charge is -2.11. The van der Waals surface area contributed by atoms with E-state index in [-0.39, 0.29) is 11.8 Å². The van der Waals surface area contributed by atoms with E-state index >= 15 is 0 Å². The Morgan fingerprint density at radius 2 is 1.89 bits per heavy atom. The standard InChI is InChI=1S/C19H19N3O4S/c1-10-12(3)27-18(20-13(4)23)15(10)19(24)25-11(2)16-21-22-17(26-16)14-8-6-5-7-9-14/h5-9,11H,1-4H3,(H,20,23)/t11-/m1/s1. The maximum Gasteiger partial charge on any atom is 0.342 e. The maximum absolute atomic E-state index is 12.7. The third kappa shape index (κ3) is 4.06. The number of thiophene rings is 1. The molecule has 2 aromatic heterocycles. The lowest BCUT2D eigenvalue weighted by molar-refractivity contribution is -0.114. The number of hydrogen-bond acceptors (Lipinski definition) is 7. The Labute approximate surface area is 160 Å². The lowest BCUT2D eigenvalue weighted by atomic mass is 10.1. The monoisotopic (exact) mass is 385 g/mol. The molecule has 27 heavy (non-hydrogen) atoms. The first kappa shape index (κ1) is 18.8. The van der Waals surface area contributed by atoms with E-state index in [4.69, 9.17) is 9.15 Å². The van der Waals surface area contributed by atoms with E-state index in [1.807, 2.05) is 44.2 Å². The van der Waals surface area contributed by atoms with Crippen molar-refractivity contribution in [1.82, 2.24) is 10.2 Å². The van der Waals surface area contributed by atoms with Crippen LogP contribution < -0.4 is 5.32 Å². The molecule has 1 aromatic carbocycles. The molecule has 0 aliphatic carbocycles. The van der Waals surface area contributed by atoms with Gasteiger partial charge in [-0.25, -0.2) is 4.79 Å². The van der Waals surface area contributed by atoms with Crippen LogP contribution in [0.25, 0.3) is 11.5 Å². The fourth-order valence-corrected chi connectivity index (χ4v) is 3.58. The third-order valence-electron chi connectivity index (χ3n) is 3.97. The summed E-state index contributed by atoms with van der Waals surface area (Å²) in [5.74, 6) is -0.238. The van der Waals surface area contributed by atoms with Crippen LogP contribution in [0.2, 0.25) is 0 Å². The summed E-state index contributed by atoms with van der Waals surface area (Å²) in [7, 11) is 0. The molecule has 0 fully saturated rings. The van der Waals surface area contributed by atoms with Gasteiger partial charge in [0.25, 0.3) is 5.89 Å². The first-order valence-corrected chi connectivity index (χ1v) is 9.15. The summed E-state index contributed by atoms with van der Waals surface area (Å²) in [6.45, 7) is 6.76. The van der Waals surface area contributed by atoms with Gasteiger partial charge in [0.1, 0.15) is 5.00 Å². The Morgan fingerprint density at radius 3 is 2.56 bits per heavy atom. The number of carbonyl (C=O) groups excluding carboxylic acids is 2. The van der Waals surface area contributed by atoms with Gasteiger partial charge in [-0.1, -0.05) is 18.2 Å². The number of benzene rings is 1. The van der Waals surface area contributed by atoms with Crippen molar-refractivity contribution in [2.75, 3.05) is 5.32 Å². The second-order valence-corrected chi connectivity index (χ2v) is 7.25. The van der Waals surface area contributed by atoms with Crippen molar-refractivity contribution in [2.24, 2.45) is 0 Å². The summed E-state index contributed by atoms with van der Waals surface area (Å²) in [5.41, 5.74) is 1.91. The lowest BCUT2D eigenvalue weighted by Crippen LogP contribution is -2.14. The fourth-order valence-electron chi connectivity index (χ4n) is 2.49. The SMILES string of the molecule is CC(=O)Nc1sc(C)c(C)c1C(=O)O[C@H](C)c1nnc(-c2ccccc2)o1. The van der Waals surface area contributed by atoms with E-state index in [2.05, 4.69) is 15.5 Å². The van der Waals surface area contributed by atoms with Crippen LogP contribution in [0.1, 0.15) is 46.6 Å². The van der Waals surface area contributed by atoms with Crippen LogP contribution in [0, 0.1) is 13.8 Å². The number of aromatic nitrogens is 2. The van der Waals surface area contributed by atoms with Gasteiger partial charge >= 0.3 is 5.97 Å². The highest BCUT2D eigenvalue weighted by atomic mass is 32.1. The molecule has 0 aliphatic heterocycles. The molecule has 3 aromatic rings. The second kappa shape index (κ2) is 7.71. The summed E-state index contributed by atoms with van der Waals surface area (Å²) in [5, 5.41) is 11.1. The van der Waals surface area contributed by atoms with E-state index in [0.717, 1.165) is 16.0 Å². The molecule has 0 aliphatic rings. The van der Waals surface area contributed by atoms with Crippen LogP contribution in [-0.2, 0) is 9.53 Å². The molecule has 0 unspecified atom stereocenters. The highest BCUT2D eigenvalue weighted by molar-refractivity contribution is 7.16. The molecule has 8 heteroatoms. The third-order valence-corrected chi connectivity index (χ3v) is 5.09. The number of hydrogen-bond donors (Lipinski definition) is 1. The van der Waals surface area contributed by atoms with Crippen molar-refractivity contribution in [3.05, 3.63) is 52.2 Å². The number of nitrogens with zero attached hydrogens (tertiary/aromatic N) is 2. The first-order valence-electron chi connectivity index (χ1n) is 8.34. The van der Waals surface area contributed by atoms with Gasteiger partial charge in [0.05, 0.1) is 5.56 Å². The van der Waals surface area contributed by atoms with Crippen LogP contribution in [0.3, 0.4) is 0 Å². The zero-order valence-corrected chi connectivity index (χ0v) is 16.2. The minimum Gasteiger partial charge on any atom is -0.449 e. The molecule has 0 spiro atoms. The number of anilines is 1. The summed E-state index contributed by atoms with van der Waals surface area (Å²) in [4.78, 5) is 25.0. The van der Waals surface area contributed by atoms with Crippen molar-refractivity contribution in [1.29, 1.82) is 0 Å². The molecule has 0 saturated heterocycles. The van der Waals surface area contributed by atoms with Crippen molar-refractivity contribution in [3.63, 3.8) is 0 Å². The van der Waals surface area contributed by atoms with Crippen molar-refractivity contribution in [2.45, 2.75) is 33.8 Å². The molecular formula is C19H19N3O4S. The smallest absolute Gasteiger partial charge is 0.342 e. The molecule has 0 radical (unpaired) electrons. The zero-order valence-electron chi connectivity index (χ0n) is 15.4. The predicted molar refractivity (Wildman–Crippen MR) is 102 cm³/mol. The molecule has 7 nitrogen and oxygen atoms in total. The fraction of sp³-hybridized carbons (Fsp3) is 0.263. The number of aryl methyl sites for hydroxylation is 1. The van der Waals surface area contributed by atoms with E-state index in [9.17, 15) is 9.59 Å². The van der Waals surface area contributed by atoms with Gasteiger partial charge in [-0.15, -0.1) is 21.5 Å². The zero-order chi connectivity index (χ0) is 19.6. The summed E-state index contributed by atoms with van der Waals surface area (Å²) in [6.07, 6.45) is -0.729. The van der Waals surface area contributed by atoms with Crippen molar-refractivity contribution < 1.29 is 18.7 Å². The Kier molecular flexibility index (Phi) is 5.36. The highest BCUT2D eigenvalue weighted by Crippen LogP contribution is 2.34.